The SMILES string of the molecule is CC(C)(CC(O)(Cn1ccc(=O)c2ccccc21)C(F)(F)F)c1ccc(Br)cc1. The first-order chi connectivity index (χ1) is 13.4. The molecule has 2 aromatic carbocycles. The maximum atomic E-state index is 14.0. The van der Waals surface area contributed by atoms with Crippen molar-refractivity contribution < 1.29 is 18.3 Å². The van der Waals surface area contributed by atoms with Crippen molar-refractivity contribution >= 4 is 26.8 Å². The molecule has 1 N–H and O–H groups in total. The van der Waals surface area contributed by atoms with Crippen molar-refractivity contribution in [3.8, 4) is 0 Å². The van der Waals surface area contributed by atoms with Crippen LogP contribution in [0.4, 0.5) is 13.2 Å². The molecule has 29 heavy (non-hydrogen) atoms. The van der Waals surface area contributed by atoms with E-state index in [1.54, 1.807) is 62.4 Å². The largest absolute Gasteiger partial charge is 0.418 e. The normalized spacial score (nSPS) is 14.7. The van der Waals surface area contributed by atoms with Gasteiger partial charge in [-0.15, -0.1) is 0 Å². The highest BCUT2D eigenvalue weighted by molar-refractivity contribution is 9.10. The number of halogens is 4. The lowest BCUT2D eigenvalue weighted by molar-refractivity contribution is -0.271. The molecule has 0 saturated heterocycles. The van der Waals surface area contributed by atoms with Crippen molar-refractivity contribution in [2.24, 2.45) is 0 Å². The minimum Gasteiger partial charge on any atom is -0.379 e. The molecule has 0 aliphatic heterocycles. The van der Waals surface area contributed by atoms with Gasteiger partial charge in [-0.05, 0) is 41.7 Å². The molecule has 0 amide bonds. The maximum Gasteiger partial charge on any atom is 0.418 e. The second-order valence-electron chi connectivity index (χ2n) is 7.92. The Balaban J connectivity index is 2.03. The predicted octanol–water partition coefficient (Wildman–Crippen LogP) is 5.43. The smallest absolute Gasteiger partial charge is 0.379 e. The van der Waals surface area contributed by atoms with Crippen LogP contribution in [0, 0.1) is 0 Å². The van der Waals surface area contributed by atoms with Crippen LogP contribution in [-0.4, -0.2) is 21.5 Å². The number of alkyl halides is 3. The highest BCUT2D eigenvalue weighted by atomic mass is 79.9. The molecule has 154 valence electrons. The summed E-state index contributed by atoms with van der Waals surface area (Å²) in [5.74, 6) is 0. The van der Waals surface area contributed by atoms with Crippen LogP contribution in [0.15, 0.2) is 70.1 Å². The third-order valence-electron chi connectivity index (χ3n) is 5.20. The van der Waals surface area contributed by atoms with Crippen LogP contribution in [0.25, 0.3) is 10.9 Å². The highest BCUT2D eigenvalue weighted by Gasteiger charge is 2.56. The van der Waals surface area contributed by atoms with Crippen LogP contribution in [0.5, 0.6) is 0 Å². The third-order valence-corrected chi connectivity index (χ3v) is 5.73. The van der Waals surface area contributed by atoms with E-state index in [1.165, 1.54) is 16.8 Å². The van der Waals surface area contributed by atoms with Crippen molar-refractivity contribution in [3.05, 3.63) is 81.1 Å². The van der Waals surface area contributed by atoms with E-state index in [4.69, 9.17) is 0 Å². The van der Waals surface area contributed by atoms with Gasteiger partial charge in [-0.1, -0.05) is 54.0 Å². The fourth-order valence-electron chi connectivity index (χ4n) is 3.66. The zero-order valence-corrected chi connectivity index (χ0v) is 17.6. The molecule has 0 bridgehead atoms. The number of nitrogens with zero attached hydrogens (tertiary/aromatic N) is 1. The van der Waals surface area contributed by atoms with Crippen molar-refractivity contribution in [2.75, 3.05) is 0 Å². The molecule has 3 rings (SSSR count). The Bertz CT molecular complexity index is 1070. The van der Waals surface area contributed by atoms with E-state index in [1.807, 2.05) is 0 Å². The van der Waals surface area contributed by atoms with E-state index in [9.17, 15) is 23.1 Å². The van der Waals surface area contributed by atoms with Crippen molar-refractivity contribution in [1.29, 1.82) is 0 Å². The maximum absolute atomic E-state index is 14.0. The van der Waals surface area contributed by atoms with Gasteiger partial charge in [0.25, 0.3) is 0 Å². The molecule has 0 aliphatic rings. The molecule has 1 unspecified atom stereocenters. The van der Waals surface area contributed by atoms with E-state index >= 15 is 0 Å². The van der Waals surface area contributed by atoms with Crippen molar-refractivity contribution in [1.82, 2.24) is 4.57 Å². The van der Waals surface area contributed by atoms with Crippen LogP contribution in [0.2, 0.25) is 0 Å². The van der Waals surface area contributed by atoms with Crippen LogP contribution in [-0.2, 0) is 12.0 Å². The fraction of sp³-hybridized carbons (Fsp3) is 0.318. The molecule has 1 aromatic heterocycles. The molecule has 0 saturated carbocycles. The second-order valence-corrected chi connectivity index (χ2v) is 8.84. The Hall–Kier alpha value is -2.12. The summed E-state index contributed by atoms with van der Waals surface area (Å²) in [5.41, 5.74) is -3.17. The quantitative estimate of drug-likeness (QED) is 0.543. The van der Waals surface area contributed by atoms with Gasteiger partial charge in [-0.2, -0.15) is 13.2 Å². The third kappa shape index (κ3) is 4.41. The molecule has 3 aromatic rings. The minimum atomic E-state index is -4.86. The first-order valence-electron chi connectivity index (χ1n) is 9.06. The zero-order chi connectivity index (χ0) is 21.4. The predicted molar refractivity (Wildman–Crippen MR) is 111 cm³/mol. The number of rotatable bonds is 5. The Morgan fingerprint density at radius 2 is 1.62 bits per heavy atom. The Kier molecular flexibility index (Phi) is 5.66. The standard InChI is InChI=1S/C22H21BrF3NO2/c1-20(2,15-7-9-16(23)10-8-15)13-21(29,22(24,25)26)14-27-12-11-19(28)17-5-3-4-6-18(17)27/h3-12,29H,13-14H2,1-2H3. The first-order valence-corrected chi connectivity index (χ1v) is 9.86. The molecular weight excluding hydrogens is 447 g/mol. The lowest BCUT2D eigenvalue weighted by atomic mass is 9.75. The molecule has 0 aliphatic carbocycles. The number of benzene rings is 2. The van der Waals surface area contributed by atoms with Crippen LogP contribution < -0.4 is 5.43 Å². The van der Waals surface area contributed by atoms with E-state index in [2.05, 4.69) is 15.9 Å². The summed E-state index contributed by atoms with van der Waals surface area (Å²) >= 11 is 3.32. The summed E-state index contributed by atoms with van der Waals surface area (Å²) in [4.78, 5) is 12.0. The zero-order valence-electron chi connectivity index (χ0n) is 16.0. The van der Waals surface area contributed by atoms with Crippen LogP contribution in [0.1, 0.15) is 25.8 Å². The van der Waals surface area contributed by atoms with E-state index in [-0.39, 0.29) is 5.43 Å². The van der Waals surface area contributed by atoms with Gasteiger partial charge >= 0.3 is 6.18 Å². The molecule has 3 nitrogen and oxygen atoms in total. The molecule has 7 heteroatoms. The summed E-state index contributed by atoms with van der Waals surface area (Å²) in [7, 11) is 0. The Morgan fingerprint density at radius 1 is 1.00 bits per heavy atom. The van der Waals surface area contributed by atoms with Crippen molar-refractivity contribution in [2.45, 2.75) is 44.0 Å². The molecule has 0 radical (unpaired) electrons. The summed E-state index contributed by atoms with van der Waals surface area (Å²) in [6.45, 7) is 2.64. The van der Waals surface area contributed by atoms with Gasteiger partial charge in [0.15, 0.2) is 11.0 Å². The lowest BCUT2D eigenvalue weighted by Gasteiger charge is -2.38. The number of pyridine rings is 1. The van der Waals surface area contributed by atoms with Gasteiger partial charge in [0.2, 0.25) is 0 Å². The summed E-state index contributed by atoms with van der Waals surface area (Å²) < 4.78 is 44.3. The van der Waals surface area contributed by atoms with Gasteiger partial charge < -0.3 is 9.67 Å². The van der Waals surface area contributed by atoms with Gasteiger partial charge in [-0.25, -0.2) is 0 Å². The van der Waals surface area contributed by atoms with Gasteiger partial charge in [0.05, 0.1) is 12.1 Å². The molecule has 0 fully saturated rings. The first kappa shape index (κ1) is 21.6. The summed E-state index contributed by atoms with van der Waals surface area (Å²) in [6, 6.07) is 14.7. The number of hydrogen-bond acceptors (Lipinski definition) is 2. The van der Waals surface area contributed by atoms with Gasteiger partial charge in [-0.3, -0.25) is 4.79 Å². The van der Waals surface area contributed by atoms with Gasteiger partial charge in [0.1, 0.15) is 0 Å². The fourth-order valence-corrected chi connectivity index (χ4v) is 3.92. The number of hydrogen-bond donors (Lipinski definition) is 1. The molecular formula is C22H21BrF3NO2. The number of aliphatic hydroxyl groups is 1. The number of para-hydroxylation sites is 1. The highest BCUT2D eigenvalue weighted by Crippen LogP contribution is 2.42. The summed E-state index contributed by atoms with van der Waals surface area (Å²) in [5, 5.41) is 11.2. The van der Waals surface area contributed by atoms with Crippen molar-refractivity contribution in [3.63, 3.8) is 0 Å². The van der Waals surface area contributed by atoms with E-state index < -0.39 is 30.2 Å². The molecule has 0 spiro atoms. The number of aromatic nitrogens is 1. The minimum absolute atomic E-state index is 0.275. The van der Waals surface area contributed by atoms with E-state index in [0.717, 1.165) is 4.47 Å². The second kappa shape index (κ2) is 7.61. The lowest BCUT2D eigenvalue weighted by Crippen LogP contribution is -2.52. The van der Waals surface area contributed by atoms with Gasteiger partial charge in [0, 0.05) is 22.1 Å². The van der Waals surface area contributed by atoms with Crippen LogP contribution in [0.3, 0.4) is 0 Å². The molecule has 1 atom stereocenters. The van der Waals surface area contributed by atoms with E-state index in [0.29, 0.717) is 16.5 Å². The summed E-state index contributed by atoms with van der Waals surface area (Å²) in [6.07, 6.45) is -4.09. The molecule has 1 heterocycles. The monoisotopic (exact) mass is 467 g/mol. The van der Waals surface area contributed by atoms with Crippen LogP contribution >= 0.6 is 15.9 Å². The Morgan fingerprint density at radius 3 is 2.24 bits per heavy atom. The number of fused-ring (bicyclic) bond motifs is 1. The topological polar surface area (TPSA) is 42.2 Å². The average Bonchev–Trinajstić information content (AvgIpc) is 2.63. The average molecular weight is 468 g/mol. The Labute approximate surface area is 174 Å².